The van der Waals surface area contributed by atoms with Crippen molar-refractivity contribution in [3.8, 4) is 0 Å². The van der Waals surface area contributed by atoms with Crippen molar-refractivity contribution in [1.82, 2.24) is 4.90 Å². The Hall–Kier alpha value is -1.36. The third-order valence-corrected chi connectivity index (χ3v) is 4.01. The van der Waals surface area contributed by atoms with Gasteiger partial charge in [-0.3, -0.25) is 9.59 Å². The van der Waals surface area contributed by atoms with Gasteiger partial charge in [-0.1, -0.05) is 19.1 Å². The second kappa shape index (κ2) is 5.10. The van der Waals surface area contributed by atoms with Crippen LogP contribution in [0.25, 0.3) is 0 Å². The molecule has 18 heavy (non-hydrogen) atoms. The standard InChI is InChI=1S/C13H14BrNO3/c1-8-6-15(7-10(8)13(17)18)12(16)9-4-2-3-5-11(9)14/h2-5,8,10H,6-7H2,1H3,(H,17,18). The molecule has 1 N–H and O–H groups in total. The maximum Gasteiger partial charge on any atom is 0.308 e. The molecule has 1 aromatic rings. The van der Waals surface area contributed by atoms with Crippen molar-refractivity contribution in [3.05, 3.63) is 34.3 Å². The molecule has 0 spiro atoms. The summed E-state index contributed by atoms with van der Waals surface area (Å²) in [5.41, 5.74) is 0.579. The van der Waals surface area contributed by atoms with Crippen LogP contribution in [0, 0.1) is 11.8 Å². The Kier molecular flexibility index (Phi) is 3.71. The number of nitrogens with zero attached hydrogens (tertiary/aromatic N) is 1. The molecular formula is C13H14BrNO3. The van der Waals surface area contributed by atoms with Crippen LogP contribution in [0.5, 0.6) is 0 Å². The molecule has 0 aromatic heterocycles. The number of carboxylic acid groups (broad SMARTS) is 1. The fraction of sp³-hybridized carbons (Fsp3) is 0.385. The van der Waals surface area contributed by atoms with Gasteiger partial charge in [0.15, 0.2) is 0 Å². The van der Waals surface area contributed by atoms with Gasteiger partial charge in [-0.25, -0.2) is 0 Å². The molecule has 1 heterocycles. The highest BCUT2D eigenvalue weighted by Crippen LogP contribution is 2.26. The number of hydrogen-bond acceptors (Lipinski definition) is 2. The molecule has 2 atom stereocenters. The van der Waals surface area contributed by atoms with E-state index in [1.165, 1.54) is 0 Å². The van der Waals surface area contributed by atoms with Crippen LogP contribution in [0.4, 0.5) is 0 Å². The molecule has 1 saturated heterocycles. The second-order valence-corrected chi connectivity index (χ2v) is 5.47. The Labute approximate surface area is 114 Å². The molecule has 1 aromatic carbocycles. The minimum Gasteiger partial charge on any atom is -0.481 e. The molecule has 0 aliphatic carbocycles. The van der Waals surface area contributed by atoms with Crippen molar-refractivity contribution >= 4 is 27.8 Å². The van der Waals surface area contributed by atoms with Crippen LogP contribution in [-0.4, -0.2) is 35.0 Å². The number of carboxylic acids is 1. The van der Waals surface area contributed by atoms with Crippen LogP contribution in [0.1, 0.15) is 17.3 Å². The van der Waals surface area contributed by atoms with Crippen LogP contribution < -0.4 is 0 Å². The van der Waals surface area contributed by atoms with Crippen molar-refractivity contribution in [2.75, 3.05) is 13.1 Å². The summed E-state index contributed by atoms with van der Waals surface area (Å²) < 4.78 is 0.737. The van der Waals surface area contributed by atoms with E-state index in [2.05, 4.69) is 15.9 Å². The Morgan fingerprint density at radius 2 is 2.00 bits per heavy atom. The lowest BCUT2D eigenvalue weighted by atomic mass is 9.99. The Morgan fingerprint density at radius 3 is 2.56 bits per heavy atom. The quantitative estimate of drug-likeness (QED) is 0.911. The molecule has 0 saturated carbocycles. The van der Waals surface area contributed by atoms with E-state index in [9.17, 15) is 9.59 Å². The Morgan fingerprint density at radius 1 is 1.33 bits per heavy atom. The zero-order valence-corrected chi connectivity index (χ0v) is 11.6. The van der Waals surface area contributed by atoms with E-state index in [0.29, 0.717) is 12.1 Å². The number of amides is 1. The lowest BCUT2D eigenvalue weighted by Crippen LogP contribution is -2.30. The van der Waals surface area contributed by atoms with E-state index in [0.717, 1.165) is 4.47 Å². The number of rotatable bonds is 2. The fourth-order valence-electron chi connectivity index (χ4n) is 2.26. The number of hydrogen-bond donors (Lipinski definition) is 1. The summed E-state index contributed by atoms with van der Waals surface area (Å²) in [5.74, 6) is -1.41. The SMILES string of the molecule is CC1CN(C(=O)c2ccccc2Br)CC1C(=O)O. The first-order chi connectivity index (χ1) is 8.50. The summed E-state index contributed by atoms with van der Waals surface area (Å²) in [6.45, 7) is 2.65. The molecule has 1 aliphatic rings. The summed E-state index contributed by atoms with van der Waals surface area (Å²) in [4.78, 5) is 24.9. The molecule has 0 bridgehead atoms. The number of carbonyl (C=O) groups excluding carboxylic acids is 1. The van der Waals surface area contributed by atoms with E-state index in [1.807, 2.05) is 13.0 Å². The third kappa shape index (κ3) is 2.41. The summed E-state index contributed by atoms with van der Waals surface area (Å²) in [6, 6.07) is 7.19. The number of halogens is 1. The van der Waals surface area contributed by atoms with Gasteiger partial charge in [0.25, 0.3) is 5.91 Å². The summed E-state index contributed by atoms with van der Waals surface area (Å²) in [6.07, 6.45) is 0. The maximum absolute atomic E-state index is 12.3. The maximum atomic E-state index is 12.3. The zero-order chi connectivity index (χ0) is 13.3. The van der Waals surface area contributed by atoms with E-state index in [1.54, 1.807) is 23.1 Å². The molecule has 4 nitrogen and oxygen atoms in total. The topological polar surface area (TPSA) is 57.6 Å². The van der Waals surface area contributed by atoms with Gasteiger partial charge in [0.2, 0.25) is 0 Å². The number of carbonyl (C=O) groups is 2. The monoisotopic (exact) mass is 311 g/mol. The summed E-state index contributed by atoms with van der Waals surface area (Å²) in [7, 11) is 0. The van der Waals surface area contributed by atoms with Gasteiger partial charge in [-0.15, -0.1) is 0 Å². The second-order valence-electron chi connectivity index (χ2n) is 4.61. The molecule has 1 aliphatic heterocycles. The summed E-state index contributed by atoms with van der Waals surface area (Å²) in [5, 5.41) is 9.06. The lowest BCUT2D eigenvalue weighted by molar-refractivity contribution is -0.142. The van der Waals surface area contributed by atoms with Crippen molar-refractivity contribution < 1.29 is 14.7 Å². The van der Waals surface area contributed by atoms with Gasteiger partial charge in [-0.2, -0.15) is 0 Å². The van der Waals surface area contributed by atoms with E-state index >= 15 is 0 Å². The van der Waals surface area contributed by atoms with Gasteiger partial charge in [0.05, 0.1) is 11.5 Å². The molecule has 96 valence electrons. The van der Waals surface area contributed by atoms with Crippen LogP contribution in [0.2, 0.25) is 0 Å². The van der Waals surface area contributed by atoms with Crippen molar-refractivity contribution in [2.24, 2.45) is 11.8 Å². The first-order valence-corrected chi connectivity index (χ1v) is 6.56. The first kappa shape index (κ1) is 13.1. The van der Waals surface area contributed by atoms with Gasteiger partial charge in [0, 0.05) is 17.6 Å². The largest absolute Gasteiger partial charge is 0.481 e. The number of benzene rings is 1. The first-order valence-electron chi connectivity index (χ1n) is 5.77. The molecule has 1 amide bonds. The van der Waals surface area contributed by atoms with E-state index in [-0.39, 0.29) is 18.4 Å². The van der Waals surface area contributed by atoms with Crippen LogP contribution in [-0.2, 0) is 4.79 Å². The van der Waals surface area contributed by atoms with E-state index < -0.39 is 11.9 Å². The molecule has 2 unspecified atom stereocenters. The van der Waals surface area contributed by atoms with Crippen molar-refractivity contribution in [2.45, 2.75) is 6.92 Å². The van der Waals surface area contributed by atoms with Crippen LogP contribution in [0.3, 0.4) is 0 Å². The average Bonchev–Trinajstić information content (AvgIpc) is 2.71. The highest BCUT2D eigenvalue weighted by molar-refractivity contribution is 9.10. The molecule has 0 radical (unpaired) electrons. The average molecular weight is 312 g/mol. The molecule has 1 fully saturated rings. The number of likely N-dealkylation sites (tertiary alicyclic amines) is 1. The van der Waals surface area contributed by atoms with E-state index in [4.69, 9.17) is 5.11 Å². The Balaban J connectivity index is 2.17. The summed E-state index contributed by atoms with van der Waals surface area (Å²) >= 11 is 3.34. The predicted molar refractivity (Wildman–Crippen MR) is 70.3 cm³/mol. The smallest absolute Gasteiger partial charge is 0.308 e. The third-order valence-electron chi connectivity index (χ3n) is 3.32. The highest BCUT2D eigenvalue weighted by atomic mass is 79.9. The molecule has 5 heteroatoms. The minimum atomic E-state index is -0.829. The highest BCUT2D eigenvalue weighted by Gasteiger charge is 2.37. The van der Waals surface area contributed by atoms with Gasteiger partial charge < -0.3 is 10.0 Å². The minimum absolute atomic E-state index is 0.00561. The van der Waals surface area contributed by atoms with Crippen LogP contribution in [0.15, 0.2) is 28.7 Å². The number of aliphatic carboxylic acids is 1. The van der Waals surface area contributed by atoms with Crippen molar-refractivity contribution in [1.29, 1.82) is 0 Å². The van der Waals surface area contributed by atoms with Gasteiger partial charge in [0.1, 0.15) is 0 Å². The van der Waals surface area contributed by atoms with Gasteiger partial charge in [-0.05, 0) is 34.0 Å². The predicted octanol–water partition coefficient (Wildman–Crippen LogP) is 2.24. The zero-order valence-electron chi connectivity index (χ0n) is 9.97. The van der Waals surface area contributed by atoms with Gasteiger partial charge >= 0.3 is 5.97 Å². The normalized spacial score (nSPS) is 23.1. The molecular weight excluding hydrogens is 298 g/mol. The Bertz CT molecular complexity index is 489. The fourth-order valence-corrected chi connectivity index (χ4v) is 2.71. The lowest BCUT2D eigenvalue weighted by Gasteiger charge is -2.16. The van der Waals surface area contributed by atoms with Crippen molar-refractivity contribution in [3.63, 3.8) is 0 Å². The van der Waals surface area contributed by atoms with Crippen LogP contribution >= 0.6 is 15.9 Å². The molecule has 2 rings (SSSR count).